The highest BCUT2D eigenvalue weighted by atomic mass is 35.5. The molecule has 1 aromatic heterocycles. The fourth-order valence-electron chi connectivity index (χ4n) is 2.97. The van der Waals surface area contributed by atoms with Gasteiger partial charge in [0.15, 0.2) is 0 Å². The predicted molar refractivity (Wildman–Crippen MR) is 75.8 cm³/mol. The molecule has 4 heteroatoms. The Morgan fingerprint density at radius 1 is 1.44 bits per heavy atom. The molecule has 1 N–H and O–H groups in total. The molecule has 2 rings (SSSR count). The topological polar surface area (TPSA) is 29.9 Å². The Morgan fingerprint density at radius 2 is 2.17 bits per heavy atom. The summed E-state index contributed by atoms with van der Waals surface area (Å²) < 4.78 is 1.75. The fraction of sp³-hybridized carbons (Fsp3) is 0.786. The molecule has 18 heavy (non-hydrogen) atoms. The fourth-order valence-corrected chi connectivity index (χ4v) is 3.21. The van der Waals surface area contributed by atoms with Crippen molar-refractivity contribution in [2.24, 2.45) is 12.5 Å². The maximum absolute atomic E-state index is 6.26. The monoisotopic (exact) mass is 269 g/mol. The summed E-state index contributed by atoms with van der Waals surface area (Å²) in [6.07, 6.45) is 5.27. The van der Waals surface area contributed by atoms with Crippen molar-refractivity contribution in [2.75, 3.05) is 0 Å². The van der Waals surface area contributed by atoms with E-state index in [0.29, 0.717) is 11.5 Å². The summed E-state index contributed by atoms with van der Waals surface area (Å²) >= 11 is 6.26. The molecule has 0 bridgehead atoms. The lowest BCUT2D eigenvalue weighted by atomic mass is 9.73. The van der Waals surface area contributed by atoms with Gasteiger partial charge < -0.3 is 5.32 Å². The van der Waals surface area contributed by atoms with Gasteiger partial charge in [0.05, 0.1) is 5.69 Å². The minimum absolute atomic E-state index is 0.390. The lowest BCUT2D eigenvalue weighted by molar-refractivity contribution is 0.166. The van der Waals surface area contributed by atoms with E-state index in [1.165, 1.54) is 25.7 Å². The number of aromatic nitrogens is 2. The Labute approximate surface area is 115 Å². The Hall–Kier alpha value is -0.540. The molecule has 1 heterocycles. The zero-order valence-electron chi connectivity index (χ0n) is 11.9. The highest BCUT2D eigenvalue weighted by molar-refractivity contribution is 6.30. The van der Waals surface area contributed by atoms with Crippen molar-refractivity contribution < 1.29 is 0 Å². The van der Waals surface area contributed by atoms with E-state index in [1.54, 1.807) is 4.68 Å². The molecule has 3 nitrogen and oxygen atoms in total. The summed E-state index contributed by atoms with van der Waals surface area (Å²) in [4.78, 5) is 0. The van der Waals surface area contributed by atoms with Gasteiger partial charge in [0.2, 0.25) is 0 Å². The van der Waals surface area contributed by atoms with E-state index < -0.39 is 0 Å². The van der Waals surface area contributed by atoms with Crippen molar-refractivity contribution in [1.29, 1.82) is 0 Å². The molecule has 0 aliphatic heterocycles. The molecule has 1 aliphatic carbocycles. The number of nitrogens with zero attached hydrogens (tertiary/aromatic N) is 2. The van der Waals surface area contributed by atoms with Crippen LogP contribution in [0.5, 0.6) is 0 Å². The summed E-state index contributed by atoms with van der Waals surface area (Å²) in [5.74, 6) is 0. The van der Waals surface area contributed by atoms with Gasteiger partial charge in [0, 0.05) is 25.2 Å². The van der Waals surface area contributed by atoms with Crippen LogP contribution in [0.3, 0.4) is 0 Å². The third-order valence-corrected chi connectivity index (χ3v) is 4.78. The van der Waals surface area contributed by atoms with Crippen LogP contribution in [0.1, 0.15) is 50.8 Å². The summed E-state index contributed by atoms with van der Waals surface area (Å²) in [6, 6.07) is 0.585. The van der Waals surface area contributed by atoms with Gasteiger partial charge in [0.25, 0.3) is 0 Å². The zero-order chi connectivity index (χ0) is 13.3. The van der Waals surface area contributed by atoms with E-state index in [1.807, 2.05) is 14.0 Å². The van der Waals surface area contributed by atoms with Crippen LogP contribution in [0, 0.1) is 12.3 Å². The molecule has 0 spiro atoms. The second kappa shape index (κ2) is 5.22. The molecule has 1 aromatic rings. The summed E-state index contributed by atoms with van der Waals surface area (Å²) in [6.45, 7) is 7.57. The van der Waals surface area contributed by atoms with Crippen LogP contribution >= 0.6 is 11.6 Å². The van der Waals surface area contributed by atoms with Crippen molar-refractivity contribution >= 4 is 11.6 Å². The van der Waals surface area contributed by atoms with Gasteiger partial charge in [-0.15, -0.1) is 0 Å². The molecular formula is C14H24ClN3. The average Bonchev–Trinajstić information content (AvgIpc) is 2.52. The van der Waals surface area contributed by atoms with Crippen LogP contribution in [-0.2, 0) is 13.6 Å². The Kier molecular flexibility index (Phi) is 4.02. The highest BCUT2D eigenvalue weighted by Crippen LogP contribution is 2.35. The standard InChI is InChI=1S/C14H24ClN3/c1-10-11(13(15)18(4)17-10)9-16-12-7-5-6-8-14(12,2)3/h12,16H,5-9H2,1-4H3. The van der Waals surface area contributed by atoms with E-state index in [4.69, 9.17) is 11.6 Å². The van der Waals surface area contributed by atoms with Crippen molar-refractivity contribution in [3.63, 3.8) is 0 Å². The maximum atomic E-state index is 6.26. The van der Waals surface area contributed by atoms with Gasteiger partial charge >= 0.3 is 0 Å². The van der Waals surface area contributed by atoms with Crippen molar-refractivity contribution in [3.8, 4) is 0 Å². The quantitative estimate of drug-likeness (QED) is 0.911. The van der Waals surface area contributed by atoms with Crippen molar-refractivity contribution in [2.45, 2.75) is 59.0 Å². The maximum Gasteiger partial charge on any atom is 0.131 e. The second-order valence-electron chi connectivity index (χ2n) is 6.15. The van der Waals surface area contributed by atoms with Crippen LogP contribution in [0.2, 0.25) is 5.15 Å². The van der Waals surface area contributed by atoms with E-state index in [0.717, 1.165) is 23.0 Å². The molecule has 1 aliphatic rings. The van der Waals surface area contributed by atoms with E-state index in [-0.39, 0.29) is 0 Å². The lowest BCUT2D eigenvalue weighted by Crippen LogP contribution is -2.43. The second-order valence-corrected chi connectivity index (χ2v) is 6.50. The minimum Gasteiger partial charge on any atom is -0.309 e. The first-order chi connectivity index (χ1) is 8.42. The molecule has 0 radical (unpaired) electrons. The highest BCUT2D eigenvalue weighted by Gasteiger charge is 2.31. The van der Waals surface area contributed by atoms with Crippen LogP contribution in [0.25, 0.3) is 0 Å². The normalized spacial score (nSPS) is 23.3. The molecular weight excluding hydrogens is 246 g/mol. The number of halogens is 1. The number of aryl methyl sites for hydroxylation is 2. The van der Waals surface area contributed by atoms with Crippen LogP contribution in [0.15, 0.2) is 0 Å². The molecule has 1 saturated carbocycles. The first-order valence-corrected chi connectivity index (χ1v) is 7.21. The van der Waals surface area contributed by atoms with Gasteiger partial charge in [0.1, 0.15) is 5.15 Å². The number of rotatable bonds is 3. The Bertz CT molecular complexity index is 423. The molecule has 0 aromatic carbocycles. The van der Waals surface area contributed by atoms with Gasteiger partial charge in [-0.25, -0.2) is 0 Å². The summed E-state index contributed by atoms with van der Waals surface area (Å²) in [5, 5.41) is 8.80. The molecule has 1 atom stereocenters. The largest absolute Gasteiger partial charge is 0.309 e. The number of hydrogen-bond donors (Lipinski definition) is 1. The first-order valence-electron chi connectivity index (χ1n) is 6.83. The average molecular weight is 270 g/mol. The third-order valence-electron chi connectivity index (χ3n) is 4.30. The lowest BCUT2D eigenvalue weighted by Gasteiger charge is -2.39. The Morgan fingerprint density at radius 3 is 2.72 bits per heavy atom. The number of nitrogens with one attached hydrogen (secondary N) is 1. The SMILES string of the molecule is Cc1nn(C)c(Cl)c1CNC1CCCCC1(C)C. The van der Waals surface area contributed by atoms with Gasteiger partial charge in [-0.3, -0.25) is 4.68 Å². The Balaban J connectivity index is 2.03. The molecule has 102 valence electrons. The molecule has 1 unspecified atom stereocenters. The molecule has 0 saturated heterocycles. The van der Waals surface area contributed by atoms with Crippen LogP contribution in [-0.4, -0.2) is 15.8 Å². The third kappa shape index (κ3) is 2.72. The molecule has 1 fully saturated rings. The van der Waals surface area contributed by atoms with E-state index >= 15 is 0 Å². The van der Waals surface area contributed by atoms with E-state index in [2.05, 4.69) is 24.3 Å². The number of hydrogen-bond acceptors (Lipinski definition) is 2. The van der Waals surface area contributed by atoms with Gasteiger partial charge in [-0.1, -0.05) is 38.3 Å². The van der Waals surface area contributed by atoms with Gasteiger partial charge in [-0.05, 0) is 25.2 Å². The minimum atomic E-state index is 0.390. The zero-order valence-corrected chi connectivity index (χ0v) is 12.6. The van der Waals surface area contributed by atoms with Crippen molar-refractivity contribution in [1.82, 2.24) is 15.1 Å². The first kappa shape index (κ1) is 13.9. The van der Waals surface area contributed by atoms with Gasteiger partial charge in [-0.2, -0.15) is 5.10 Å². The van der Waals surface area contributed by atoms with Crippen LogP contribution < -0.4 is 5.32 Å². The molecule has 0 amide bonds. The predicted octanol–water partition coefficient (Wildman–Crippen LogP) is 3.44. The van der Waals surface area contributed by atoms with Crippen molar-refractivity contribution in [3.05, 3.63) is 16.4 Å². The summed E-state index contributed by atoms with van der Waals surface area (Å²) in [5.41, 5.74) is 2.56. The smallest absolute Gasteiger partial charge is 0.131 e. The van der Waals surface area contributed by atoms with E-state index in [9.17, 15) is 0 Å². The van der Waals surface area contributed by atoms with Crippen LogP contribution in [0.4, 0.5) is 0 Å². The summed E-state index contributed by atoms with van der Waals surface area (Å²) in [7, 11) is 1.89.